The van der Waals surface area contributed by atoms with Gasteiger partial charge in [-0.3, -0.25) is 0 Å². The molecule has 0 saturated heterocycles. The molecule has 134 valence electrons. The van der Waals surface area contributed by atoms with Crippen LogP contribution in [0.4, 0.5) is 0 Å². The first kappa shape index (κ1) is 20.7. The van der Waals surface area contributed by atoms with Crippen molar-refractivity contribution in [1.82, 2.24) is 0 Å². The van der Waals surface area contributed by atoms with E-state index in [0.29, 0.717) is 13.0 Å². The lowest BCUT2D eigenvalue weighted by atomic mass is 10.1. The molecule has 3 heteroatoms. The molecular weight excluding hydrogens is 300 g/mol. The Morgan fingerprint density at radius 2 is 1.62 bits per heavy atom. The summed E-state index contributed by atoms with van der Waals surface area (Å²) in [6.45, 7) is 2.78. The molecule has 3 nitrogen and oxygen atoms in total. The number of aliphatic hydroxyl groups excluding tert-OH is 2. The Kier molecular flexibility index (Phi) is 12.1. The van der Waals surface area contributed by atoms with E-state index < -0.39 is 12.2 Å². The van der Waals surface area contributed by atoms with Crippen LogP contribution in [0.2, 0.25) is 0 Å². The summed E-state index contributed by atoms with van der Waals surface area (Å²) in [6.07, 6.45) is 6.98. The van der Waals surface area contributed by atoms with Crippen LogP contribution in [0.25, 0.3) is 0 Å². The first-order chi connectivity index (χ1) is 11.7. The van der Waals surface area contributed by atoms with Crippen LogP contribution in [0.15, 0.2) is 30.3 Å². The summed E-state index contributed by atoms with van der Waals surface area (Å²) in [4.78, 5) is 0. The normalized spacial score (nSPS) is 13.1. The van der Waals surface area contributed by atoms with Gasteiger partial charge in [-0.2, -0.15) is 0 Å². The van der Waals surface area contributed by atoms with E-state index in [-0.39, 0.29) is 6.61 Å². The van der Waals surface area contributed by atoms with Gasteiger partial charge in [-0.15, -0.1) is 11.8 Å². The zero-order valence-electron chi connectivity index (χ0n) is 14.9. The molecule has 0 saturated carbocycles. The fraction of sp³-hybridized carbons (Fsp3) is 0.619. The maximum atomic E-state index is 9.88. The molecule has 2 N–H and O–H groups in total. The van der Waals surface area contributed by atoms with E-state index >= 15 is 0 Å². The van der Waals surface area contributed by atoms with Crippen molar-refractivity contribution < 1.29 is 14.9 Å². The zero-order valence-corrected chi connectivity index (χ0v) is 14.9. The Labute approximate surface area is 147 Å². The molecule has 0 fully saturated rings. The van der Waals surface area contributed by atoms with E-state index in [2.05, 4.69) is 18.8 Å². The van der Waals surface area contributed by atoms with Gasteiger partial charge in [0.2, 0.25) is 0 Å². The second-order valence-corrected chi connectivity index (χ2v) is 6.21. The number of rotatable bonds is 12. The van der Waals surface area contributed by atoms with E-state index in [4.69, 9.17) is 4.74 Å². The molecule has 1 aromatic rings. The lowest BCUT2D eigenvalue weighted by Crippen LogP contribution is -2.30. The van der Waals surface area contributed by atoms with Crippen molar-refractivity contribution in [2.45, 2.75) is 77.1 Å². The van der Waals surface area contributed by atoms with Crippen LogP contribution in [0.3, 0.4) is 0 Å². The largest absolute Gasteiger partial charge is 0.389 e. The number of ether oxygens (including phenoxy) is 1. The summed E-state index contributed by atoms with van der Waals surface area (Å²) in [7, 11) is 0. The highest BCUT2D eigenvalue weighted by atomic mass is 16.5. The van der Waals surface area contributed by atoms with E-state index in [0.717, 1.165) is 18.4 Å². The van der Waals surface area contributed by atoms with Crippen LogP contribution in [0, 0.1) is 11.8 Å². The van der Waals surface area contributed by atoms with Gasteiger partial charge in [0, 0.05) is 12.8 Å². The van der Waals surface area contributed by atoms with Gasteiger partial charge in [-0.1, -0.05) is 69.4 Å². The van der Waals surface area contributed by atoms with Crippen molar-refractivity contribution >= 4 is 0 Å². The molecule has 0 aliphatic carbocycles. The molecule has 0 unspecified atom stereocenters. The van der Waals surface area contributed by atoms with Gasteiger partial charge in [0.1, 0.15) is 6.10 Å². The maximum absolute atomic E-state index is 9.88. The number of hydrogen-bond acceptors (Lipinski definition) is 3. The van der Waals surface area contributed by atoms with E-state index in [1.165, 1.54) is 32.1 Å². The van der Waals surface area contributed by atoms with E-state index in [1.807, 2.05) is 30.3 Å². The lowest BCUT2D eigenvalue weighted by molar-refractivity contribution is -0.0399. The topological polar surface area (TPSA) is 49.7 Å². The number of benzene rings is 1. The molecule has 2 atom stereocenters. The highest BCUT2D eigenvalue weighted by Crippen LogP contribution is 2.07. The van der Waals surface area contributed by atoms with Crippen molar-refractivity contribution in [3.8, 4) is 11.8 Å². The third kappa shape index (κ3) is 10.4. The van der Waals surface area contributed by atoms with Gasteiger partial charge in [0.25, 0.3) is 0 Å². The lowest BCUT2D eigenvalue weighted by Gasteiger charge is -2.15. The Morgan fingerprint density at radius 1 is 0.917 bits per heavy atom. The highest BCUT2D eigenvalue weighted by molar-refractivity contribution is 5.13. The van der Waals surface area contributed by atoms with Crippen molar-refractivity contribution in [2.24, 2.45) is 0 Å². The zero-order chi connectivity index (χ0) is 17.5. The van der Waals surface area contributed by atoms with Crippen LogP contribution < -0.4 is 0 Å². The summed E-state index contributed by atoms with van der Waals surface area (Å²) in [6, 6.07) is 9.78. The van der Waals surface area contributed by atoms with Crippen LogP contribution in [-0.4, -0.2) is 29.0 Å². The first-order valence-electron chi connectivity index (χ1n) is 9.17. The molecule has 24 heavy (non-hydrogen) atoms. The number of hydrogen-bond donors (Lipinski definition) is 2. The molecule has 1 rings (SSSR count). The highest BCUT2D eigenvalue weighted by Gasteiger charge is 2.15. The fourth-order valence-electron chi connectivity index (χ4n) is 2.38. The number of aliphatic hydroxyl groups is 2. The van der Waals surface area contributed by atoms with Crippen LogP contribution in [0.1, 0.15) is 63.9 Å². The molecule has 0 radical (unpaired) electrons. The quantitative estimate of drug-likeness (QED) is 0.448. The van der Waals surface area contributed by atoms with Crippen LogP contribution >= 0.6 is 0 Å². The standard InChI is InChI=1S/C21H32O3/c1-2-3-4-5-6-7-8-9-13-16-20(22)21(23)18-24-17-19-14-11-10-12-15-19/h10-12,14-15,20-23H,2-8,16-18H2,1H3/t20-,21-/m0/s1. The summed E-state index contributed by atoms with van der Waals surface area (Å²) in [5.74, 6) is 6.04. The minimum absolute atomic E-state index is 0.120. The average molecular weight is 332 g/mol. The molecule has 0 spiro atoms. The third-order valence-corrected chi connectivity index (χ3v) is 3.94. The molecule has 0 bridgehead atoms. The van der Waals surface area contributed by atoms with Gasteiger partial charge in [-0.25, -0.2) is 0 Å². The monoisotopic (exact) mass is 332 g/mol. The summed E-state index contributed by atoms with van der Waals surface area (Å²) in [5, 5.41) is 19.8. The summed E-state index contributed by atoms with van der Waals surface area (Å²) < 4.78 is 5.44. The molecule has 0 aliphatic heterocycles. The van der Waals surface area contributed by atoms with Crippen molar-refractivity contribution in [3.63, 3.8) is 0 Å². The SMILES string of the molecule is CCCCCCCCC#CC[C@H](O)[C@@H](O)COCc1ccccc1. The van der Waals surface area contributed by atoms with Gasteiger partial charge < -0.3 is 14.9 Å². The Morgan fingerprint density at radius 3 is 2.38 bits per heavy atom. The molecule has 0 aliphatic rings. The molecule has 0 amide bonds. The average Bonchev–Trinajstić information content (AvgIpc) is 2.61. The molecule has 0 heterocycles. The third-order valence-electron chi connectivity index (χ3n) is 3.94. The minimum Gasteiger partial charge on any atom is -0.389 e. The molecular formula is C21H32O3. The van der Waals surface area contributed by atoms with Crippen LogP contribution in [0.5, 0.6) is 0 Å². The van der Waals surface area contributed by atoms with Gasteiger partial charge in [0.15, 0.2) is 0 Å². The Hall–Kier alpha value is -1.34. The summed E-state index contributed by atoms with van der Waals surface area (Å²) in [5.41, 5.74) is 1.05. The van der Waals surface area contributed by atoms with Gasteiger partial charge in [-0.05, 0) is 12.0 Å². The van der Waals surface area contributed by atoms with Gasteiger partial charge in [0.05, 0.1) is 19.3 Å². The number of unbranched alkanes of at least 4 members (excludes halogenated alkanes) is 6. The Bertz CT molecular complexity index is 461. The smallest absolute Gasteiger partial charge is 0.104 e. The fourth-order valence-corrected chi connectivity index (χ4v) is 2.38. The minimum atomic E-state index is -0.892. The molecule has 0 aromatic heterocycles. The predicted octanol–water partition coefficient (Wildman–Crippen LogP) is 4.07. The Balaban J connectivity index is 2.05. The predicted molar refractivity (Wildman–Crippen MR) is 98.5 cm³/mol. The van der Waals surface area contributed by atoms with Crippen molar-refractivity contribution in [3.05, 3.63) is 35.9 Å². The van der Waals surface area contributed by atoms with Crippen molar-refractivity contribution in [2.75, 3.05) is 6.61 Å². The van der Waals surface area contributed by atoms with Crippen molar-refractivity contribution in [1.29, 1.82) is 0 Å². The second-order valence-electron chi connectivity index (χ2n) is 6.21. The first-order valence-corrected chi connectivity index (χ1v) is 9.17. The van der Waals surface area contributed by atoms with Crippen LogP contribution in [-0.2, 0) is 11.3 Å². The summed E-state index contributed by atoms with van der Waals surface area (Å²) >= 11 is 0. The van der Waals surface area contributed by atoms with E-state index in [1.54, 1.807) is 0 Å². The second kappa shape index (κ2) is 14.0. The molecule has 1 aromatic carbocycles. The maximum Gasteiger partial charge on any atom is 0.104 e. The van der Waals surface area contributed by atoms with E-state index in [9.17, 15) is 10.2 Å². The van der Waals surface area contributed by atoms with Gasteiger partial charge >= 0.3 is 0 Å².